The molecule has 0 bridgehead atoms. The molecule has 0 aliphatic heterocycles. The molecule has 0 saturated heterocycles. The molecule has 0 aliphatic carbocycles. The van der Waals surface area contributed by atoms with E-state index in [0.29, 0.717) is 3.72 Å². The van der Waals surface area contributed by atoms with E-state index in [2.05, 4.69) is 6.58 Å². The Balaban J connectivity index is 3.94. The van der Waals surface area contributed by atoms with Crippen LogP contribution in [0.3, 0.4) is 0 Å². The van der Waals surface area contributed by atoms with E-state index in [0.717, 1.165) is 5.57 Å². The van der Waals surface area contributed by atoms with Crippen molar-refractivity contribution in [2.75, 3.05) is 0 Å². The molecule has 0 spiro atoms. The molecule has 0 amide bonds. The van der Waals surface area contributed by atoms with E-state index in [1.807, 2.05) is 29.5 Å². The number of hydrogen-bond acceptors (Lipinski definition) is 1. The molecule has 0 aromatic carbocycles. The van der Waals surface area contributed by atoms with Crippen LogP contribution in [0.25, 0.3) is 0 Å². The molecule has 0 heterocycles. The predicted octanol–water partition coefficient (Wildman–Crippen LogP) is 2.53. The molecular weight excluding hydrogens is 213 g/mol. The number of rotatable bonds is 2. The van der Waals surface area contributed by atoms with Gasteiger partial charge in [0.1, 0.15) is 0 Å². The van der Waals surface area contributed by atoms with Crippen molar-refractivity contribution in [1.82, 2.24) is 0 Å². The fourth-order valence-corrected chi connectivity index (χ4v) is 0.750. The van der Waals surface area contributed by atoms with E-state index < -0.39 is 0 Å². The SMILES string of the molecule is C=C/C(C)=C\C(=N)I. The summed E-state index contributed by atoms with van der Waals surface area (Å²) in [5.74, 6) is 0. The van der Waals surface area contributed by atoms with Gasteiger partial charge in [-0.15, -0.1) is 0 Å². The second-order valence-corrected chi connectivity index (χ2v) is 2.60. The lowest BCUT2D eigenvalue weighted by Crippen LogP contribution is -1.74. The lowest BCUT2D eigenvalue weighted by molar-refractivity contribution is 1.52. The predicted molar refractivity (Wildman–Crippen MR) is 45.7 cm³/mol. The summed E-state index contributed by atoms with van der Waals surface area (Å²) in [6.45, 7) is 5.46. The van der Waals surface area contributed by atoms with Crippen LogP contribution in [0.5, 0.6) is 0 Å². The molecule has 2 heteroatoms. The third-order valence-corrected chi connectivity index (χ3v) is 0.988. The first-order valence-corrected chi connectivity index (χ1v) is 3.29. The summed E-state index contributed by atoms with van der Waals surface area (Å²) in [4.78, 5) is 0. The van der Waals surface area contributed by atoms with Crippen molar-refractivity contribution in [3.05, 3.63) is 24.3 Å². The molecule has 1 N–H and O–H groups in total. The lowest BCUT2D eigenvalue weighted by Gasteiger charge is -1.84. The maximum Gasteiger partial charge on any atom is 0.0922 e. The van der Waals surface area contributed by atoms with Crippen LogP contribution >= 0.6 is 22.6 Å². The van der Waals surface area contributed by atoms with Crippen LogP contribution in [0.15, 0.2) is 24.3 Å². The Morgan fingerprint density at radius 3 is 2.38 bits per heavy atom. The lowest BCUT2D eigenvalue weighted by atomic mass is 10.3. The summed E-state index contributed by atoms with van der Waals surface area (Å²) in [6, 6.07) is 0. The Hall–Kier alpha value is -0.120. The van der Waals surface area contributed by atoms with Crippen molar-refractivity contribution in [2.24, 2.45) is 0 Å². The van der Waals surface area contributed by atoms with Gasteiger partial charge in [-0.25, -0.2) is 0 Å². The summed E-state index contributed by atoms with van der Waals surface area (Å²) in [6.07, 6.45) is 3.49. The van der Waals surface area contributed by atoms with E-state index in [9.17, 15) is 0 Å². The molecule has 0 radical (unpaired) electrons. The van der Waals surface area contributed by atoms with Gasteiger partial charge in [0.2, 0.25) is 0 Å². The highest BCUT2D eigenvalue weighted by molar-refractivity contribution is 14.1. The Kier molecular flexibility index (Phi) is 3.77. The molecule has 0 unspecified atom stereocenters. The molecule has 0 saturated carbocycles. The van der Waals surface area contributed by atoms with Crippen LogP contribution in [0.4, 0.5) is 0 Å². The Morgan fingerprint density at radius 1 is 1.75 bits per heavy atom. The molecule has 8 heavy (non-hydrogen) atoms. The molecule has 0 aromatic rings. The third-order valence-electron chi connectivity index (χ3n) is 0.676. The molecule has 0 aliphatic rings. The zero-order chi connectivity index (χ0) is 6.57. The highest BCUT2D eigenvalue weighted by atomic mass is 127. The Labute approximate surface area is 63.1 Å². The van der Waals surface area contributed by atoms with Gasteiger partial charge >= 0.3 is 0 Å². The van der Waals surface area contributed by atoms with Crippen LogP contribution in [0.1, 0.15) is 6.92 Å². The molecule has 1 nitrogen and oxygen atoms in total. The van der Waals surface area contributed by atoms with Gasteiger partial charge in [0.05, 0.1) is 3.72 Å². The van der Waals surface area contributed by atoms with E-state index in [4.69, 9.17) is 5.41 Å². The standard InChI is InChI=1S/C6H8IN/c1-3-5(2)4-6(7)8/h3-4,8H,1H2,2H3/b5-4-,8-6?. The average molecular weight is 221 g/mol. The van der Waals surface area contributed by atoms with Crippen molar-refractivity contribution < 1.29 is 0 Å². The average Bonchev–Trinajstić information content (AvgIpc) is 1.65. The summed E-state index contributed by atoms with van der Waals surface area (Å²) < 4.78 is 0.542. The molecule has 0 aromatic heterocycles. The summed E-state index contributed by atoms with van der Waals surface area (Å²) in [7, 11) is 0. The normalized spacial score (nSPS) is 11.0. The van der Waals surface area contributed by atoms with Crippen LogP contribution in [0, 0.1) is 5.41 Å². The third kappa shape index (κ3) is 4.05. The Morgan fingerprint density at radius 2 is 2.25 bits per heavy atom. The highest BCUT2D eigenvalue weighted by Crippen LogP contribution is 1.96. The van der Waals surface area contributed by atoms with E-state index >= 15 is 0 Å². The van der Waals surface area contributed by atoms with Crippen LogP contribution < -0.4 is 0 Å². The minimum Gasteiger partial charge on any atom is -0.294 e. The number of allylic oxidation sites excluding steroid dienone is 3. The second-order valence-electron chi connectivity index (χ2n) is 1.44. The van der Waals surface area contributed by atoms with Gasteiger partial charge in [0, 0.05) is 0 Å². The quantitative estimate of drug-likeness (QED) is 0.421. The maximum atomic E-state index is 6.99. The van der Waals surface area contributed by atoms with Crippen molar-refractivity contribution in [3.63, 3.8) is 0 Å². The van der Waals surface area contributed by atoms with Gasteiger partial charge in [-0.1, -0.05) is 12.7 Å². The van der Waals surface area contributed by atoms with Crippen molar-refractivity contribution in [1.29, 1.82) is 5.41 Å². The number of hydrogen-bond donors (Lipinski definition) is 1. The first kappa shape index (κ1) is 7.88. The van der Waals surface area contributed by atoms with Gasteiger partial charge in [-0.3, -0.25) is 5.41 Å². The summed E-state index contributed by atoms with van der Waals surface area (Å²) in [5.41, 5.74) is 1.03. The van der Waals surface area contributed by atoms with Gasteiger partial charge in [0.15, 0.2) is 0 Å². The van der Waals surface area contributed by atoms with E-state index in [1.165, 1.54) is 0 Å². The van der Waals surface area contributed by atoms with Gasteiger partial charge in [-0.05, 0) is 41.2 Å². The zero-order valence-electron chi connectivity index (χ0n) is 4.74. The van der Waals surface area contributed by atoms with Crippen molar-refractivity contribution in [3.8, 4) is 0 Å². The van der Waals surface area contributed by atoms with E-state index in [1.54, 1.807) is 12.2 Å². The fraction of sp³-hybridized carbons (Fsp3) is 0.167. The monoisotopic (exact) mass is 221 g/mol. The first-order valence-electron chi connectivity index (χ1n) is 2.21. The minimum atomic E-state index is 0.542. The smallest absolute Gasteiger partial charge is 0.0922 e. The topological polar surface area (TPSA) is 23.9 Å². The summed E-state index contributed by atoms with van der Waals surface area (Å²) in [5, 5.41) is 6.99. The molecule has 0 atom stereocenters. The van der Waals surface area contributed by atoms with E-state index in [-0.39, 0.29) is 0 Å². The highest BCUT2D eigenvalue weighted by Gasteiger charge is 1.80. The van der Waals surface area contributed by atoms with Gasteiger partial charge in [0.25, 0.3) is 0 Å². The molecule has 0 rings (SSSR count). The van der Waals surface area contributed by atoms with Gasteiger partial charge in [-0.2, -0.15) is 0 Å². The molecule has 0 fully saturated rings. The minimum absolute atomic E-state index is 0.542. The van der Waals surface area contributed by atoms with Crippen LogP contribution in [-0.4, -0.2) is 3.72 Å². The largest absolute Gasteiger partial charge is 0.294 e. The maximum absolute atomic E-state index is 6.99. The van der Waals surface area contributed by atoms with Crippen molar-refractivity contribution >= 4 is 26.3 Å². The second kappa shape index (κ2) is 3.83. The van der Waals surface area contributed by atoms with Crippen LogP contribution in [-0.2, 0) is 0 Å². The summed E-state index contributed by atoms with van der Waals surface area (Å²) >= 11 is 1.94. The zero-order valence-corrected chi connectivity index (χ0v) is 6.90. The molecule has 44 valence electrons. The van der Waals surface area contributed by atoms with Crippen molar-refractivity contribution in [2.45, 2.75) is 6.92 Å². The molecular formula is C6H8IN. The Bertz CT molecular complexity index is 135. The van der Waals surface area contributed by atoms with Crippen LogP contribution in [0.2, 0.25) is 0 Å². The van der Waals surface area contributed by atoms with Gasteiger partial charge < -0.3 is 0 Å². The fourth-order valence-electron chi connectivity index (χ4n) is 0.259. The first-order chi connectivity index (χ1) is 3.66. The number of halogens is 1. The number of nitrogens with one attached hydrogen (secondary N) is 1.